The van der Waals surface area contributed by atoms with Gasteiger partial charge in [0, 0.05) is 36.1 Å². The highest BCUT2D eigenvalue weighted by molar-refractivity contribution is 7.93. The first-order chi connectivity index (χ1) is 21.1. The predicted octanol–water partition coefficient (Wildman–Crippen LogP) is 4.93. The average molecular weight is 621 g/mol. The molecule has 0 saturated carbocycles. The number of nitrogens with zero attached hydrogens (tertiary/aromatic N) is 5. The van der Waals surface area contributed by atoms with Crippen LogP contribution in [0, 0.1) is 27.7 Å². The van der Waals surface area contributed by atoms with Crippen LogP contribution < -0.4 is 14.5 Å². The summed E-state index contributed by atoms with van der Waals surface area (Å²) in [6, 6.07) is 12.2. The van der Waals surface area contributed by atoms with Gasteiger partial charge in [0.25, 0.3) is 10.0 Å². The maximum atomic E-state index is 14.2. The standard InChI is InChI=1S/C31H36N6O6S/c1-7-42-17-24-14-23(16-36-30-27(15-32-31(36)38)20(3)33-22(5)34-30)12-13-25(24)26-10-8-9-11-28(26)44(39,40)37(18-41-6)29-19(2)21(4)43-35-29/h8-14H,7,15-18H2,1-6H3,(H,32,38). The molecular weight excluding hydrogens is 584 g/mol. The van der Waals surface area contributed by atoms with Crippen molar-refractivity contribution in [1.82, 2.24) is 20.4 Å². The Morgan fingerprint density at radius 3 is 2.55 bits per heavy atom. The zero-order valence-electron chi connectivity index (χ0n) is 25.7. The van der Waals surface area contributed by atoms with E-state index in [9.17, 15) is 13.2 Å². The summed E-state index contributed by atoms with van der Waals surface area (Å²) in [6.07, 6.45) is 0. The Labute approximate surface area is 257 Å². The van der Waals surface area contributed by atoms with Crippen LogP contribution in [0.3, 0.4) is 0 Å². The number of hydrogen-bond acceptors (Lipinski definition) is 9. The molecule has 0 radical (unpaired) electrons. The van der Waals surface area contributed by atoms with Gasteiger partial charge in [-0.3, -0.25) is 4.90 Å². The summed E-state index contributed by atoms with van der Waals surface area (Å²) in [5, 5.41) is 6.92. The van der Waals surface area contributed by atoms with E-state index in [1.807, 2.05) is 32.0 Å². The molecule has 4 aromatic rings. The Hall–Kier alpha value is -4.33. The van der Waals surface area contributed by atoms with Crippen LogP contribution in [0.15, 0.2) is 51.9 Å². The molecule has 0 spiro atoms. The van der Waals surface area contributed by atoms with Crippen molar-refractivity contribution in [2.24, 2.45) is 0 Å². The molecule has 5 rings (SSSR count). The lowest BCUT2D eigenvalue weighted by atomic mass is 9.97. The summed E-state index contributed by atoms with van der Waals surface area (Å²) < 4.78 is 45.9. The van der Waals surface area contributed by atoms with E-state index >= 15 is 0 Å². The minimum absolute atomic E-state index is 0.0783. The predicted molar refractivity (Wildman–Crippen MR) is 165 cm³/mol. The molecule has 0 atom stereocenters. The van der Waals surface area contributed by atoms with Crippen LogP contribution >= 0.6 is 0 Å². The normalized spacial score (nSPS) is 13.1. The summed E-state index contributed by atoms with van der Waals surface area (Å²) in [5.41, 5.74) is 5.07. The molecule has 2 aromatic heterocycles. The van der Waals surface area contributed by atoms with E-state index in [0.29, 0.717) is 47.2 Å². The third kappa shape index (κ3) is 5.90. The number of ether oxygens (including phenoxy) is 2. The molecule has 1 N–H and O–H groups in total. The van der Waals surface area contributed by atoms with E-state index in [2.05, 4.69) is 20.4 Å². The fourth-order valence-electron chi connectivity index (χ4n) is 5.21. The molecule has 12 nitrogen and oxygen atoms in total. The number of rotatable bonds is 11. The van der Waals surface area contributed by atoms with E-state index in [4.69, 9.17) is 14.0 Å². The maximum Gasteiger partial charge on any atom is 0.323 e. The number of urea groups is 1. The smallest absolute Gasteiger partial charge is 0.323 e. The second-order valence-corrected chi connectivity index (χ2v) is 12.3. The number of aromatic nitrogens is 3. The monoisotopic (exact) mass is 620 g/mol. The van der Waals surface area contributed by atoms with Gasteiger partial charge in [0.1, 0.15) is 24.1 Å². The number of hydrogen-bond donors (Lipinski definition) is 1. The van der Waals surface area contributed by atoms with Gasteiger partial charge >= 0.3 is 6.03 Å². The third-order valence-electron chi connectivity index (χ3n) is 7.55. The number of sulfonamides is 1. The first-order valence-corrected chi connectivity index (χ1v) is 15.6. The van der Waals surface area contributed by atoms with Gasteiger partial charge in [-0.1, -0.05) is 41.6 Å². The van der Waals surface area contributed by atoms with Gasteiger partial charge in [-0.15, -0.1) is 0 Å². The van der Waals surface area contributed by atoms with Crippen molar-refractivity contribution in [1.29, 1.82) is 0 Å². The highest BCUT2D eigenvalue weighted by Gasteiger charge is 2.32. The number of anilines is 2. The van der Waals surface area contributed by atoms with Crippen molar-refractivity contribution in [3.63, 3.8) is 0 Å². The zero-order valence-corrected chi connectivity index (χ0v) is 26.5. The van der Waals surface area contributed by atoms with Crippen LogP contribution in [0.1, 0.15) is 46.5 Å². The minimum Gasteiger partial charge on any atom is -0.377 e. The average Bonchev–Trinajstić information content (AvgIpc) is 3.33. The number of aryl methyl sites for hydroxylation is 3. The van der Waals surface area contributed by atoms with Gasteiger partial charge in [-0.25, -0.2) is 27.5 Å². The van der Waals surface area contributed by atoms with Crippen molar-refractivity contribution < 1.29 is 27.2 Å². The summed E-state index contributed by atoms with van der Waals surface area (Å²) in [7, 11) is -2.73. The molecule has 0 saturated heterocycles. The first kappa shape index (κ1) is 31.1. The number of carbonyl (C=O) groups excluding carboxylic acids is 1. The van der Waals surface area contributed by atoms with Gasteiger partial charge in [-0.05, 0) is 57.4 Å². The number of methoxy groups -OCH3 is 1. The van der Waals surface area contributed by atoms with Crippen LogP contribution in [0.25, 0.3) is 11.1 Å². The first-order valence-electron chi connectivity index (χ1n) is 14.2. The van der Waals surface area contributed by atoms with Crippen molar-refractivity contribution in [3.05, 3.63) is 82.0 Å². The Morgan fingerprint density at radius 2 is 1.84 bits per heavy atom. The molecule has 0 aliphatic carbocycles. The van der Waals surface area contributed by atoms with Crippen LogP contribution in [0.2, 0.25) is 0 Å². The lowest BCUT2D eigenvalue weighted by Gasteiger charge is -2.30. The molecule has 0 bridgehead atoms. The molecule has 2 amide bonds. The van der Waals surface area contributed by atoms with Gasteiger partial charge in [0.15, 0.2) is 5.82 Å². The number of amides is 2. The highest BCUT2D eigenvalue weighted by Crippen LogP contribution is 2.36. The molecule has 1 aliphatic heterocycles. The Bertz CT molecular complexity index is 1810. The molecule has 0 unspecified atom stereocenters. The zero-order chi connectivity index (χ0) is 31.6. The molecule has 0 fully saturated rings. The minimum atomic E-state index is -4.15. The van der Waals surface area contributed by atoms with Gasteiger partial charge in [0.05, 0.1) is 24.6 Å². The summed E-state index contributed by atoms with van der Waals surface area (Å²) in [6.45, 7) is 10.1. The number of nitrogens with one attached hydrogen (secondary N) is 1. The highest BCUT2D eigenvalue weighted by atomic mass is 32.2. The maximum absolute atomic E-state index is 14.2. The van der Waals surface area contributed by atoms with Gasteiger partial charge in [-0.2, -0.15) is 0 Å². The second kappa shape index (κ2) is 12.7. The van der Waals surface area contributed by atoms with Crippen LogP contribution in [0.4, 0.5) is 16.4 Å². The third-order valence-corrected chi connectivity index (χ3v) is 9.32. The quantitative estimate of drug-likeness (QED) is 0.231. The van der Waals surface area contributed by atoms with Crippen LogP contribution in [-0.4, -0.2) is 50.0 Å². The fraction of sp³-hybridized carbons (Fsp3) is 0.355. The number of benzene rings is 2. The topological polar surface area (TPSA) is 140 Å². The van der Waals surface area contributed by atoms with Crippen LogP contribution in [0.5, 0.6) is 0 Å². The largest absolute Gasteiger partial charge is 0.377 e. The molecular formula is C31H36N6O6S. The summed E-state index contributed by atoms with van der Waals surface area (Å²) in [5.74, 6) is 1.85. The Kier molecular flexibility index (Phi) is 9.00. The van der Waals surface area contributed by atoms with E-state index in [1.165, 1.54) is 7.11 Å². The molecule has 13 heteroatoms. The molecule has 44 heavy (non-hydrogen) atoms. The molecule has 232 valence electrons. The van der Waals surface area contributed by atoms with Crippen molar-refractivity contribution in [2.75, 3.05) is 29.7 Å². The van der Waals surface area contributed by atoms with E-state index in [1.54, 1.807) is 49.9 Å². The summed E-state index contributed by atoms with van der Waals surface area (Å²) in [4.78, 5) is 23.7. The Balaban J connectivity index is 1.57. The summed E-state index contributed by atoms with van der Waals surface area (Å²) >= 11 is 0. The second-order valence-electron chi connectivity index (χ2n) is 10.5. The van der Waals surface area contributed by atoms with Crippen molar-refractivity contribution in [3.8, 4) is 11.1 Å². The lowest BCUT2D eigenvalue weighted by Crippen LogP contribution is -2.44. The SMILES string of the molecule is CCOCc1cc(CN2C(=O)NCc3c(C)nc(C)nc32)ccc1-c1ccccc1S(=O)(=O)N(COC)c1noc(C)c1C. The lowest BCUT2D eigenvalue weighted by molar-refractivity contribution is 0.134. The van der Waals surface area contributed by atoms with E-state index in [0.717, 1.165) is 26.7 Å². The Morgan fingerprint density at radius 1 is 1.07 bits per heavy atom. The van der Waals surface area contributed by atoms with Crippen LogP contribution in [-0.2, 0) is 39.2 Å². The van der Waals surface area contributed by atoms with E-state index < -0.39 is 10.0 Å². The molecule has 3 heterocycles. The molecule has 2 aromatic carbocycles. The number of fused-ring (bicyclic) bond motifs is 1. The van der Waals surface area contributed by atoms with Gasteiger partial charge in [0.2, 0.25) is 0 Å². The molecule has 1 aliphatic rings. The van der Waals surface area contributed by atoms with Crippen molar-refractivity contribution in [2.45, 2.75) is 59.2 Å². The fourth-order valence-corrected chi connectivity index (χ4v) is 6.79. The van der Waals surface area contributed by atoms with Gasteiger partial charge < -0.3 is 19.3 Å². The van der Waals surface area contributed by atoms with Crippen molar-refractivity contribution >= 4 is 27.7 Å². The van der Waals surface area contributed by atoms with E-state index in [-0.39, 0.29) is 36.6 Å². The number of carbonyl (C=O) groups is 1.